The molecule has 1 aromatic rings. The van der Waals surface area contributed by atoms with Gasteiger partial charge in [-0.15, -0.1) is 0 Å². The van der Waals surface area contributed by atoms with E-state index in [4.69, 9.17) is 5.11 Å². The molecule has 0 aliphatic heterocycles. The highest BCUT2D eigenvalue weighted by molar-refractivity contribution is 9.10. The lowest BCUT2D eigenvalue weighted by molar-refractivity contribution is 0.0698. The molecule has 0 bridgehead atoms. The van der Waals surface area contributed by atoms with Crippen LogP contribution in [0.3, 0.4) is 0 Å². The molecule has 2 N–H and O–H groups in total. The summed E-state index contributed by atoms with van der Waals surface area (Å²) in [6.45, 7) is 5.30. The van der Waals surface area contributed by atoms with E-state index in [0.717, 1.165) is 12.8 Å². The number of halogens is 1. The van der Waals surface area contributed by atoms with E-state index in [1.54, 1.807) is 17.0 Å². The minimum Gasteiger partial charge on any atom is -0.478 e. The summed E-state index contributed by atoms with van der Waals surface area (Å²) in [5.41, 5.74) is 0.378. The molecule has 0 saturated heterocycles. The normalized spacial score (nSPS) is 10.2. The van der Waals surface area contributed by atoms with Crippen LogP contribution < -0.4 is 5.32 Å². The van der Waals surface area contributed by atoms with Gasteiger partial charge in [0, 0.05) is 17.6 Å². The second-order valence-corrected chi connectivity index (χ2v) is 5.33. The molecule has 0 aliphatic rings. The lowest BCUT2D eigenvalue weighted by atomic mass is 10.2. The molecule has 0 spiro atoms. The van der Waals surface area contributed by atoms with Crippen molar-refractivity contribution >= 4 is 33.6 Å². The van der Waals surface area contributed by atoms with Gasteiger partial charge in [0.15, 0.2) is 0 Å². The number of nitrogens with one attached hydrogen (secondary N) is 1. The van der Waals surface area contributed by atoms with E-state index in [-0.39, 0.29) is 11.6 Å². The maximum Gasteiger partial charge on any atom is 0.337 e. The van der Waals surface area contributed by atoms with E-state index < -0.39 is 5.97 Å². The molecular weight excluding hydrogens is 324 g/mol. The molecule has 2 amide bonds. The van der Waals surface area contributed by atoms with Crippen molar-refractivity contribution in [2.75, 3.05) is 18.4 Å². The Bertz CT molecular complexity index is 485. The molecule has 0 unspecified atom stereocenters. The summed E-state index contributed by atoms with van der Waals surface area (Å²) in [5, 5.41) is 11.8. The highest BCUT2D eigenvalue weighted by Gasteiger charge is 2.16. The van der Waals surface area contributed by atoms with Gasteiger partial charge in [0.1, 0.15) is 0 Å². The Morgan fingerprint density at radius 1 is 1.25 bits per heavy atom. The zero-order valence-electron chi connectivity index (χ0n) is 11.6. The summed E-state index contributed by atoms with van der Waals surface area (Å²) < 4.78 is 0.659. The first kappa shape index (κ1) is 16.5. The molecule has 20 heavy (non-hydrogen) atoms. The van der Waals surface area contributed by atoms with Crippen molar-refractivity contribution in [2.24, 2.45) is 0 Å². The molecule has 1 aromatic carbocycles. The predicted octanol–water partition coefficient (Wildman–Crippen LogP) is 3.80. The summed E-state index contributed by atoms with van der Waals surface area (Å²) in [7, 11) is 0. The van der Waals surface area contributed by atoms with Crippen LogP contribution in [0.5, 0.6) is 0 Å². The topological polar surface area (TPSA) is 69.6 Å². The predicted molar refractivity (Wildman–Crippen MR) is 82.3 cm³/mol. The van der Waals surface area contributed by atoms with Gasteiger partial charge in [-0.2, -0.15) is 0 Å². The molecule has 110 valence electrons. The third kappa shape index (κ3) is 4.52. The Morgan fingerprint density at radius 2 is 1.85 bits per heavy atom. The lowest BCUT2D eigenvalue weighted by Gasteiger charge is -2.22. The maximum absolute atomic E-state index is 12.2. The molecule has 0 aromatic heterocycles. The standard InChI is InChI=1S/C14H19BrN2O3/c1-3-7-17(8-4-2)14(20)16-12-6-5-10(15)9-11(12)13(18)19/h5-6,9H,3-4,7-8H2,1-2H3,(H,16,20)(H,18,19). The van der Waals surface area contributed by atoms with Gasteiger partial charge in [-0.05, 0) is 31.0 Å². The zero-order valence-corrected chi connectivity index (χ0v) is 13.2. The maximum atomic E-state index is 12.2. The van der Waals surface area contributed by atoms with Crippen LogP contribution >= 0.6 is 15.9 Å². The summed E-state index contributed by atoms with van der Waals surface area (Å²) >= 11 is 3.22. The number of aromatic carboxylic acids is 1. The van der Waals surface area contributed by atoms with Gasteiger partial charge in [0.05, 0.1) is 11.3 Å². The average molecular weight is 343 g/mol. The van der Waals surface area contributed by atoms with Gasteiger partial charge in [-0.1, -0.05) is 29.8 Å². The minimum absolute atomic E-state index is 0.0701. The highest BCUT2D eigenvalue weighted by Crippen LogP contribution is 2.21. The van der Waals surface area contributed by atoms with Crippen LogP contribution in [0.15, 0.2) is 22.7 Å². The van der Waals surface area contributed by atoms with Crippen LogP contribution in [-0.4, -0.2) is 35.1 Å². The first-order valence-corrected chi connectivity index (χ1v) is 7.37. The number of carboxylic acid groups (broad SMARTS) is 1. The second kappa shape index (κ2) is 7.89. The van der Waals surface area contributed by atoms with Crippen LogP contribution in [-0.2, 0) is 0 Å². The number of carbonyl (C=O) groups is 2. The van der Waals surface area contributed by atoms with Gasteiger partial charge >= 0.3 is 12.0 Å². The monoisotopic (exact) mass is 342 g/mol. The number of carboxylic acids is 1. The molecule has 6 heteroatoms. The van der Waals surface area contributed by atoms with Crippen LogP contribution in [0.1, 0.15) is 37.0 Å². The van der Waals surface area contributed by atoms with Crippen molar-refractivity contribution in [2.45, 2.75) is 26.7 Å². The molecule has 0 heterocycles. The van der Waals surface area contributed by atoms with Gasteiger partial charge in [0.2, 0.25) is 0 Å². The van der Waals surface area contributed by atoms with E-state index in [1.807, 2.05) is 13.8 Å². The highest BCUT2D eigenvalue weighted by atomic mass is 79.9. The molecule has 0 saturated carbocycles. The molecule has 0 aliphatic carbocycles. The van der Waals surface area contributed by atoms with E-state index >= 15 is 0 Å². The van der Waals surface area contributed by atoms with Gasteiger partial charge in [-0.25, -0.2) is 9.59 Å². The van der Waals surface area contributed by atoms with Gasteiger partial charge < -0.3 is 15.3 Å². The number of rotatable bonds is 6. The third-order valence-electron chi connectivity index (χ3n) is 2.73. The van der Waals surface area contributed by atoms with Crippen LogP contribution in [0.2, 0.25) is 0 Å². The summed E-state index contributed by atoms with van der Waals surface area (Å²) in [4.78, 5) is 25.0. The third-order valence-corrected chi connectivity index (χ3v) is 3.22. The van der Waals surface area contributed by atoms with Crippen LogP contribution in [0.25, 0.3) is 0 Å². The quantitative estimate of drug-likeness (QED) is 0.825. The van der Waals surface area contributed by atoms with E-state index in [0.29, 0.717) is 23.2 Å². The zero-order chi connectivity index (χ0) is 15.1. The van der Waals surface area contributed by atoms with Crippen molar-refractivity contribution in [3.8, 4) is 0 Å². The Morgan fingerprint density at radius 3 is 2.35 bits per heavy atom. The number of carbonyl (C=O) groups excluding carboxylic acids is 1. The number of hydrogen-bond acceptors (Lipinski definition) is 2. The molecule has 0 radical (unpaired) electrons. The number of hydrogen-bond donors (Lipinski definition) is 2. The van der Waals surface area contributed by atoms with Gasteiger partial charge in [0.25, 0.3) is 0 Å². The summed E-state index contributed by atoms with van der Waals surface area (Å²) in [6, 6.07) is 4.49. The second-order valence-electron chi connectivity index (χ2n) is 4.41. The van der Waals surface area contributed by atoms with Crippen molar-refractivity contribution in [3.63, 3.8) is 0 Å². The molecular formula is C14H19BrN2O3. The smallest absolute Gasteiger partial charge is 0.337 e. The first-order chi connectivity index (χ1) is 9.49. The van der Waals surface area contributed by atoms with Crippen molar-refractivity contribution in [1.29, 1.82) is 0 Å². The Kier molecular flexibility index (Phi) is 6.51. The molecule has 0 fully saturated rings. The molecule has 5 nitrogen and oxygen atoms in total. The Balaban J connectivity index is 2.91. The van der Waals surface area contributed by atoms with Gasteiger partial charge in [-0.3, -0.25) is 0 Å². The van der Waals surface area contributed by atoms with Crippen molar-refractivity contribution in [1.82, 2.24) is 4.90 Å². The summed E-state index contributed by atoms with van der Waals surface area (Å²) in [5.74, 6) is -1.07. The largest absolute Gasteiger partial charge is 0.478 e. The number of anilines is 1. The van der Waals surface area contributed by atoms with Crippen molar-refractivity contribution in [3.05, 3.63) is 28.2 Å². The fraction of sp³-hybridized carbons (Fsp3) is 0.429. The van der Waals surface area contributed by atoms with E-state index in [9.17, 15) is 9.59 Å². The number of nitrogens with zero attached hydrogens (tertiary/aromatic N) is 1. The fourth-order valence-corrected chi connectivity index (χ4v) is 2.21. The van der Waals surface area contributed by atoms with E-state index in [1.165, 1.54) is 6.07 Å². The van der Waals surface area contributed by atoms with Crippen LogP contribution in [0.4, 0.5) is 10.5 Å². The lowest BCUT2D eigenvalue weighted by Crippen LogP contribution is -2.36. The molecule has 0 atom stereocenters. The van der Waals surface area contributed by atoms with Crippen molar-refractivity contribution < 1.29 is 14.7 Å². The average Bonchev–Trinajstić information content (AvgIpc) is 2.40. The minimum atomic E-state index is -1.07. The van der Waals surface area contributed by atoms with Crippen LogP contribution in [0, 0.1) is 0 Å². The number of benzene rings is 1. The fourth-order valence-electron chi connectivity index (χ4n) is 1.85. The molecule has 1 rings (SSSR count). The van der Waals surface area contributed by atoms with E-state index in [2.05, 4.69) is 21.2 Å². The SMILES string of the molecule is CCCN(CCC)C(=O)Nc1ccc(Br)cc1C(=O)O. The summed E-state index contributed by atoms with van der Waals surface area (Å²) in [6.07, 6.45) is 1.72. The Hall–Kier alpha value is -1.56. The first-order valence-electron chi connectivity index (χ1n) is 6.58. The Labute approximate surface area is 127 Å². The number of amides is 2. The number of urea groups is 1.